The Morgan fingerprint density at radius 3 is 3.00 bits per heavy atom. The molecule has 1 heterocycles. The monoisotopic (exact) mass is 263 g/mol. The van der Waals surface area contributed by atoms with Gasteiger partial charge in [0.25, 0.3) is 0 Å². The zero-order valence-corrected chi connectivity index (χ0v) is 10.0. The van der Waals surface area contributed by atoms with Crippen molar-refractivity contribution in [2.24, 2.45) is 7.05 Å². The van der Waals surface area contributed by atoms with Gasteiger partial charge in [-0.2, -0.15) is 18.3 Å². The molecular weight excluding hydrogens is 247 g/mol. The Morgan fingerprint density at radius 1 is 1.61 bits per heavy atom. The second-order valence-electron chi connectivity index (χ2n) is 4.58. The molecule has 1 aromatic heterocycles. The van der Waals surface area contributed by atoms with Crippen molar-refractivity contribution in [3.63, 3.8) is 0 Å². The van der Waals surface area contributed by atoms with Crippen LogP contribution in [0.5, 0.6) is 0 Å². The Hall–Kier alpha value is -1.08. The normalized spacial score (nSPS) is 21.7. The summed E-state index contributed by atoms with van der Waals surface area (Å²) in [6, 6.07) is -0.153. The van der Waals surface area contributed by atoms with E-state index in [-0.39, 0.29) is 6.04 Å². The van der Waals surface area contributed by atoms with Gasteiger partial charge in [0.05, 0.1) is 6.20 Å². The van der Waals surface area contributed by atoms with E-state index in [0.29, 0.717) is 0 Å². The molecular formula is C11H16F3N3O. The molecule has 2 rings (SSSR count). The number of alkyl halides is 3. The summed E-state index contributed by atoms with van der Waals surface area (Å²) in [5.41, 5.74) is 2.00. The van der Waals surface area contributed by atoms with Crippen molar-refractivity contribution in [3.05, 3.63) is 17.5 Å². The molecule has 0 spiro atoms. The van der Waals surface area contributed by atoms with Gasteiger partial charge in [-0.15, -0.1) is 0 Å². The van der Waals surface area contributed by atoms with Gasteiger partial charge in [0.1, 0.15) is 0 Å². The number of hydrogen-bond acceptors (Lipinski definition) is 3. The van der Waals surface area contributed by atoms with Crippen LogP contribution in [0.4, 0.5) is 13.2 Å². The highest BCUT2D eigenvalue weighted by atomic mass is 19.4. The van der Waals surface area contributed by atoms with E-state index in [2.05, 4.69) is 10.4 Å². The molecule has 0 aromatic carbocycles. The SMILES string of the molecule is Cn1ncc2c1CCCC2NCC(O)C(F)(F)F. The Bertz CT molecular complexity index is 416. The standard InChI is InChI=1S/C11H16F3N3O/c1-17-9-4-2-3-8(7(9)5-16-17)15-6-10(18)11(12,13)14/h5,8,10,15,18H,2-4,6H2,1H3. The van der Waals surface area contributed by atoms with Crippen LogP contribution in [-0.2, 0) is 13.5 Å². The van der Waals surface area contributed by atoms with Crippen LogP contribution >= 0.6 is 0 Å². The average molecular weight is 263 g/mol. The minimum Gasteiger partial charge on any atom is -0.382 e. The fourth-order valence-corrected chi connectivity index (χ4v) is 2.29. The number of hydrogen-bond donors (Lipinski definition) is 2. The molecule has 1 aliphatic rings. The molecule has 4 nitrogen and oxygen atoms in total. The van der Waals surface area contributed by atoms with E-state index in [1.165, 1.54) is 0 Å². The number of aliphatic hydroxyl groups excluding tert-OH is 1. The summed E-state index contributed by atoms with van der Waals surface area (Å²) in [4.78, 5) is 0. The highest BCUT2D eigenvalue weighted by Gasteiger charge is 2.38. The van der Waals surface area contributed by atoms with Gasteiger partial charge >= 0.3 is 6.18 Å². The lowest BCUT2D eigenvalue weighted by molar-refractivity contribution is -0.202. The number of aryl methyl sites for hydroxylation is 1. The third kappa shape index (κ3) is 2.67. The predicted molar refractivity (Wildman–Crippen MR) is 59.0 cm³/mol. The number of aromatic nitrogens is 2. The Kier molecular flexibility index (Phi) is 3.63. The van der Waals surface area contributed by atoms with Crippen LogP contribution in [-0.4, -0.2) is 33.7 Å². The average Bonchev–Trinajstić information content (AvgIpc) is 2.67. The topological polar surface area (TPSA) is 50.1 Å². The molecule has 0 radical (unpaired) electrons. The molecule has 0 saturated carbocycles. The van der Waals surface area contributed by atoms with Gasteiger partial charge in [0, 0.05) is 30.9 Å². The van der Waals surface area contributed by atoms with Crippen LogP contribution in [0.25, 0.3) is 0 Å². The fourth-order valence-electron chi connectivity index (χ4n) is 2.29. The van der Waals surface area contributed by atoms with Gasteiger partial charge in [-0.3, -0.25) is 4.68 Å². The molecule has 0 aliphatic heterocycles. The lowest BCUT2D eigenvalue weighted by atomic mass is 9.93. The van der Waals surface area contributed by atoms with Gasteiger partial charge in [-0.1, -0.05) is 0 Å². The Labute approximate surface area is 103 Å². The number of rotatable bonds is 3. The zero-order valence-electron chi connectivity index (χ0n) is 10.0. The fraction of sp³-hybridized carbons (Fsp3) is 0.727. The molecule has 18 heavy (non-hydrogen) atoms. The van der Waals surface area contributed by atoms with E-state index in [1.54, 1.807) is 10.9 Å². The van der Waals surface area contributed by atoms with Crippen LogP contribution in [0.3, 0.4) is 0 Å². The van der Waals surface area contributed by atoms with Gasteiger partial charge in [-0.05, 0) is 19.3 Å². The maximum Gasteiger partial charge on any atom is 0.415 e. The first-order valence-corrected chi connectivity index (χ1v) is 5.88. The maximum atomic E-state index is 12.2. The first-order chi connectivity index (χ1) is 8.39. The maximum absolute atomic E-state index is 12.2. The molecule has 2 unspecified atom stereocenters. The first-order valence-electron chi connectivity index (χ1n) is 5.88. The quantitative estimate of drug-likeness (QED) is 0.864. The molecule has 2 N–H and O–H groups in total. The van der Waals surface area contributed by atoms with E-state index < -0.39 is 18.8 Å². The molecule has 102 valence electrons. The largest absolute Gasteiger partial charge is 0.415 e. The molecule has 0 fully saturated rings. The lowest BCUT2D eigenvalue weighted by Crippen LogP contribution is -2.40. The molecule has 1 aromatic rings. The summed E-state index contributed by atoms with van der Waals surface area (Å²) in [7, 11) is 1.83. The van der Waals surface area contributed by atoms with Gasteiger partial charge in [-0.25, -0.2) is 0 Å². The minimum absolute atomic E-state index is 0.153. The second-order valence-corrected chi connectivity index (χ2v) is 4.58. The number of aliphatic hydroxyl groups is 1. The van der Waals surface area contributed by atoms with E-state index in [1.807, 2.05) is 7.05 Å². The van der Waals surface area contributed by atoms with Gasteiger partial charge in [0.15, 0.2) is 6.10 Å². The van der Waals surface area contributed by atoms with Crippen molar-refractivity contribution in [2.75, 3.05) is 6.54 Å². The summed E-state index contributed by atoms with van der Waals surface area (Å²) in [5, 5.41) is 15.9. The van der Waals surface area contributed by atoms with Crippen molar-refractivity contribution in [1.29, 1.82) is 0 Å². The van der Waals surface area contributed by atoms with Crippen LogP contribution in [0, 0.1) is 0 Å². The first kappa shape index (κ1) is 13.4. The molecule has 0 saturated heterocycles. The Balaban J connectivity index is 2.00. The summed E-state index contributed by atoms with van der Waals surface area (Å²) < 4.78 is 38.3. The molecule has 0 amide bonds. The molecule has 7 heteroatoms. The highest BCUT2D eigenvalue weighted by Crippen LogP contribution is 2.29. The van der Waals surface area contributed by atoms with Crippen molar-refractivity contribution in [1.82, 2.24) is 15.1 Å². The summed E-state index contributed by atoms with van der Waals surface area (Å²) in [6.07, 6.45) is -2.63. The van der Waals surface area contributed by atoms with E-state index in [4.69, 9.17) is 5.11 Å². The van der Waals surface area contributed by atoms with E-state index >= 15 is 0 Å². The lowest BCUT2D eigenvalue weighted by Gasteiger charge is -2.25. The van der Waals surface area contributed by atoms with Crippen molar-refractivity contribution < 1.29 is 18.3 Å². The van der Waals surface area contributed by atoms with Gasteiger partial charge in [0.2, 0.25) is 0 Å². The summed E-state index contributed by atoms with van der Waals surface area (Å²) in [5.74, 6) is 0. The number of nitrogens with zero attached hydrogens (tertiary/aromatic N) is 2. The third-order valence-corrected chi connectivity index (χ3v) is 3.31. The molecule has 2 atom stereocenters. The second kappa shape index (κ2) is 4.89. The smallest absolute Gasteiger partial charge is 0.382 e. The van der Waals surface area contributed by atoms with Crippen molar-refractivity contribution in [3.8, 4) is 0 Å². The summed E-state index contributed by atoms with van der Waals surface area (Å²) in [6.45, 7) is -0.484. The van der Waals surface area contributed by atoms with Crippen LogP contribution in [0.1, 0.15) is 30.1 Å². The highest BCUT2D eigenvalue weighted by molar-refractivity contribution is 5.24. The van der Waals surface area contributed by atoms with Crippen molar-refractivity contribution >= 4 is 0 Å². The van der Waals surface area contributed by atoms with Crippen LogP contribution in [0.2, 0.25) is 0 Å². The molecule has 0 bridgehead atoms. The van der Waals surface area contributed by atoms with Crippen LogP contribution in [0.15, 0.2) is 6.20 Å². The number of nitrogens with one attached hydrogen (secondary N) is 1. The number of fused-ring (bicyclic) bond motifs is 1. The van der Waals surface area contributed by atoms with Gasteiger partial charge < -0.3 is 10.4 Å². The molecule has 1 aliphatic carbocycles. The van der Waals surface area contributed by atoms with Crippen LogP contribution < -0.4 is 5.32 Å². The third-order valence-electron chi connectivity index (χ3n) is 3.31. The predicted octanol–water partition coefficient (Wildman–Crippen LogP) is 1.31. The number of halogens is 3. The van der Waals surface area contributed by atoms with Crippen molar-refractivity contribution in [2.45, 2.75) is 37.6 Å². The van der Waals surface area contributed by atoms with E-state index in [0.717, 1.165) is 30.5 Å². The summed E-state index contributed by atoms with van der Waals surface area (Å²) >= 11 is 0. The zero-order chi connectivity index (χ0) is 13.3. The minimum atomic E-state index is -4.57. The Morgan fingerprint density at radius 2 is 2.33 bits per heavy atom. The van der Waals surface area contributed by atoms with E-state index in [9.17, 15) is 13.2 Å².